The van der Waals surface area contributed by atoms with Crippen LogP contribution in [-0.4, -0.2) is 14.5 Å². The second-order valence-electron chi connectivity index (χ2n) is 14.4. The Labute approximate surface area is 312 Å². The first-order valence-corrected chi connectivity index (χ1v) is 18.6. The fourth-order valence-electron chi connectivity index (χ4n) is 9.27. The summed E-state index contributed by atoms with van der Waals surface area (Å²) >= 11 is 0. The Hall–Kier alpha value is -7.50. The van der Waals surface area contributed by atoms with Crippen molar-refractivity contribution in [3.63, 3.8) is 0 Å². The molecule has 0 bridgehead atoms. The minimum Gasteiger partial charge on any atom is -0.456 e. The van der Waals surface area contributed by atoms with Gasteiger partial charge in [0.15, 0.2) is 0 Å². The molecule has 13 rings (SSSR count). The summed E-state index contributed by atoms with van der Waals surface area (Å²) in [7, 11) is 0. The molecule has 0 aliphatic carbocycles. The summed E-state index contributed by atoms with van der Waals surface area (Å²) < 4.78 is 15.1. The number of rotatable bonds is 3. The zero-order valence-corrected chi connectivity index (χ0v) is 29.2. The van der Waals surface area contributed by atoms with Crippen LogP contribution >= 0.6 is 0 Å². The molecule has 0 fully saturated rings. The fraction of sp³-hybridized carbons (Fsp3) is 0. The lowest BCUT2D eigenvalue weighted by Gasteiger charge is -2.13. The molecular formula is C50H27N3O2. The van der Waals surface area contributed by atoms with Crippen LogP contribution in [0.25, 0.3) is 126 Å². The largest absolute Gasteiger partial charge is 0.456 e. The molecule has 0 radical (unpaired) electrons. The Morgan fingerprint density at radius 2 is 1.07 bits per heavy atom. The van der Waals surface area contributed by atoms with Crippen molar-refractivity contribution in [1.29, 1.82) is 0 Å². The van der Waals surface area contributed by atoms with Crippen molar-refractivity contribution in [1.82, 2.24) is 14.5 Å². The van der Waals surface area contributed by atoms with Crippen LogP contribution in [0, 0.1) is 0 Å². The summed E-state index contributed by atoms with van der Waals surface area (Å²) in [6.45, 7) is 0. The molecule has 0 aliphatic heterocycles. The molecule has 4 heterocycles. The Morgan fingerprint density at radius 1 is 0.400 bits per heavy atom. The number of hydrogen-bond acceptors (Lipinski definition) is 4. The van der Waals surface area contributed by atoms with Gasteiger partial charge >= 0.3 is 0 Å². The molecule has 4 aromatic heterocycles. The van der Waals surface area contributed by atoms with E-state index in [0.717, 1.165) is 66.6 Å². The first kappa shape index (κ1) is 29.0. The van der Waals surface area contributed by atoms with Gasteiger partial charge in [0.1, 0.15) is 28.0 Å². The molecule has 0 unspecified atom stereocenters. The molecule has 0 spiro atoms. The molecule has 0 amide bonds. The summed E-state index contributed by atoms with van der Waals surface area (Å²) in [5, 5.41) is 13.2. The van der Waals surface area contributed by atoms with Crippen LogP contribution in [0.2, 0.25) is 0 Å². The van der Waals surface area contributed by atoms with Crippen molar-refractivity contribution in [3.8, 4) is 28.2 Å². The van der Waals surface area contributed by atoms with E-state index in [1.54, 1.807) is 0 Å². The number of aromatic nitrogens is 3. The van der Waals surface area contributed by atoms with Gasteiger partial charge in [0.25, 0.3) is 0 Å². The Balaban J connectivity index is 1.14. The number of nitrogens with zero attached hydrogens (tertiary/aromatic N) is 3. The molecule has 0 N–H and O–H groups in total. The lowest BCUT2D eigenvalue weighted by Crippen LogP contribution is -1.98. The van der Waals surface area contributed by atoms with Crippen LogP contribution in [0.4, 0.5) is 0 Å². The standard InChI is InChI=1S/C50H27N3O2/c1-2-15-31-28(12-1)27-39-46-44(31)33-17-4-3-16-32(33)34-20-10-22-38(45(34)46)53(39)30-14-9-13-29(26-30)47-48(52-50-49(51-47)36-19-6-8-24-41(36)55-50)37-21-11-25-42-43(37)35-18-5-7-23-40(35)54-42/h1-27H. The Kier molecular flexibility index (Phi) is 5.57. The highest BCUT2D eigenvalue weighted by Crippen LogP contribution is 2.47. The average molecular weight is 702 g/mol. The van der Waals surface area contributed by atoms with E-state index in [-0.39, 0.29) is 0 Å². The summed E-state index contributed by atoms with van der Waals surface area (Å²) in [6, 6.07) is 57.8. The van der Waals surface area contributed by atoms with Crippen LogP contribution in [-0.2, 0) is 0 Å². The predicted molar refractivity (Wildman–Crippen MR) is 226 cm³/mol. The smallest absolute Gasteiger partial charge is 0.246 e. The summed E-state index contributed by atoms with van der Waals surface area (Å²) in [5.41, 5.74) is 10.5. The van der Waals surface area contributed by atoms with Gasteiger partial charge in [-0.3, -0.25) is 0 Å². The van der Waals surface area contributed by atoms with Crippen molar-refractivity contribution < 1.29 is 8.83 Å². The molecule has 55 heavy (non-hydrogen) atoms. The molecule has 0 aliphatic rings. The third-order valence-electron chi connectivity index (χ3n) is 11.5. The van der Waals surface area contributed by atoms with E-state index in [2.05, 4.69) is 120 Å². The SMILES string of the molecule is c1cc(-c2nc3c(nc2-c2cccc4oc5ccccc5c24)oc2ccccc23)cc(-n2c3cccc4c5ccccc5c5c6ccccc6cc2c5c43)c1. The van der Waals surface area contributed by atoms with E-state index in [0.29, 0.717) is 5.71 Å². The maximum atomic E-state index is 6.35. The Morgan fingerprint density at radius 3 is 1.96 bits per heavy atom. The van der Waals surface area contributed by atoms with Gasteiger partial charge in [-0.25, -0.2) is 9.97 Å². The van der Waals surface area contributed by atoms with Gasteiger partial charge in [-0.2, -0.15) is 0 Å². The third kappa shape index (κ3) is 3.86. The zero-order valence-electron chi connectivity index (χ0n) is 29.2. The van der Waals surface area contributed by atoms with Gasteiger partial charge < -0.3 is 13.4 Å². The van der Waals surface area contributed by atoms with Gasteiger partial charge in [-0.15, -0.1) is 0 Å². The highest BCUT2D eigenvalue weighted by molar-refractivity contribution is 6.39. The number of hydrogen-bond donors (Lipinski definition) is 0. The minimum atomic E-state index is 0.508. The van der Waals surface area contributed by atoms with Crippen molar-refractivity contribution in [2.45, 2.75) is 0 Å². The normalized spacial score (nSPS) is 12.4. The van der Waals surface area contributed by atoms with Gasteiger partial charge in [0, 0.05) is 49.1 Å². The van der Waals surface area contributed by atoms with Gasteiger partial charge in [0.05, 0.1) is 16.7 Å². The van der Waals surface area contributed by atoms with E-state index in [1.165, 1.54) is 54.1 Å². The molecule has 5 heteroatoms. The van der Waals surface area contributed by atoms with E-state index < -0.39 is 0 Å². The van der Waals surface area contributed by atoms with Crippen molar-refractivity contribution in [2.75, 3.05) is 0 Å². The van der Waals surface area contributed by atoms with E-state index in [4.69, 9.17) is 18.8 Å². The third-order valence-corrected chi connectivity index (χ3v) is 11.5. The zero-order chi connectivity index (χ0) is 35.8. The maximum Gasteiger partial charge on any atom is 0.246 e. The van der Waals surface area contributed by atoms with Gasteiger partial charge in [-0.1, -0.05) is 115 Å². The van der Waals surface area contributed by atoms with Crippen LogP contribution < -0.4 is 0 Å². The number of fused-ring (bicyclic) bond motifs is 11. The van der Waals surface area contributed by atoms with Crippen molar-refractivity contribution >= 4 is 98.3 Å². The van der Waals surface area contributed by atoms with Gasteiger partial charge in [0.2, 0.25) is 5.71 Å². The monoisotopic (exact) mass is 701 g/mol. The maximum absolute atomic E-state index is 6.35. The second kappa shape index (κ2) is 10.6. The predicted octanol–water partition coefficient (Wildman–Crippen LogP) is 13.6. The molecule has 254 valence electrons. The molecular weight excluding hydrogens is 675 g/mol. The topological polar surface area (TPSA) is 57.0 Å². The van der Waals surface area contributed by atoms with E-state index in [9.17, 15) is 0 Å². The summed E-state index contributed by atoms with van der Waals surface area (Å²) in [6.07, 6.45) is 0. The quantitative estimate of drug-likeness (QED) is 0.172. The van der Waals surface area contributed by atoms with E-state index >= 15 is 0 Å². The first-order chi connectivity index (χ1) is 27.3. The van der Waals surface area contributed by atoms with Crippen LogP contribution in [0.5, 0.6) is 0 Å². The second-order valence-corrected chi connectivity index (χ2v) is 14.4. The van der Waals surface area contributed by atoms with Crippen LogP contribution in [0.3, 0.4) is 0 Å². The fourth-order valence-corrected chi connectivity index (χ4v) is 9.27. The van der Waals surface area contributed by atoms with Gasteiger partial charge in [-0.05, 0) is 75.5 Å². The highest BCUT2D eigenvalue weighted by atomic mass is 16.3. The van der Waals surface area contributed by atoms with Crippen LogP contribution in [0.1, 0.15) is 0 Å². The van der Waals surface area contributed by atoms with Crippen LogP contribution in [0.15, 0.2) is 173 Å². The molecule has 0 atom stereocenters. The van der Waals surface area contributed by atoms with Crippen molar-refractivity contribution in [3.05, 3.63) is 164 Å². The molecule has 0 saturated heterocycles. The molecule has 5 nitrogen and oxygen atoms in total. The summed E-state index contributed by atoms with van der Waals surface area (Å²) in [4.78, 5) is 10.7. The highest BCUT2D eigenvalue weighted by Gasteiger charge is 2.24. The Bertz CT molecular complexity index is 3730. The van der Waals surface area contributed by atoms with Crippen molar-refractivity contribution in [2.24, 2.45) is 0 Å². The first-order valence-electron chi connectivity index (χ1n) is 18.6. The van der Waals surface area contributed by atoms with E-state index in [1.807, 2.05) is 48.5 Å². The average Bonchev–Trinajstić information content (AvgIpc) is 3.92. The minimum absolute atomic E-state index is 0.508. The molecule has 9 aromatic carbocycles. The number of benzene rings is 9. The number of furan rings is 2. The summed E-state index contributed by atoms with van der Waals surface area (Å²) in [5.74, 6) is 0. The molecule has 0 saturated carbocycles. The lowest BCUT2D eigenvalue weighted by atomic mass is 9.91. The lowest BCUT2D eigenvalue weighted by molar-refractivity contribution is 0.653. The molecule has 13 aromatic rings. The number of para-hydroxylation sites is 2.